The molecule has 1 aromatic carbocycles. The summed E-state index contributed by atoms with van der Waals surface area (Å²) in [6, 6.07) is 8.71. The fraction of sp³-hybridized carbons (Fsp3) is 0.467. The van der Waals surface area contributed by atoms with Crippen LogP contribution in [0.4, 0.5) is 13.2 Å². The first-order valence-corrected chi connectivity index (χ1v) is 13.8. The normalized spacial score (nSPS) is 19.9. The smallest absolute Gasteiger partial charge is 0.360 e. The molecule has 4 heterocycles. The van der Waals surface area contributed by atoms with Gasteiger partial charge in [0, 0.05) is 37.0 Å². The van der Waals surface area contributed by atoms with Crippen molar-refractivity contribution in [2.24, 2.45) is 11.8 Å². The molecular formula is C30H33F3N4O2. The SMILES string of the molecule is Cc1cnoc1[C@H](c1cccc(-n2cc3c(C(F)(F)F)cc(CN4CCC[C@H](C)C4)cn3c2=O)c1)C1CCC1. The van der Waals surface area contributed by atoms with Gasteiger partial charge in [-0.2, -0.15) is 13.2 Å². The predicted octanol–water partition coefficient (Wildman–Crippen LogP) is 6.57. The lowest BCUT2D eigenvalue weighted by Crippen LogP contribution is -2.34. The molecule has 2 fully saturated rings. The van der Waals surface area contributed by atoms with Crippen LogP contribution in [0.25, 0.3) is 11.2 Å². The van der Waals surface area contributed by atoms with Gasteiger partial charge < -0.3 is 4.52 Å². The van der Waals surface area contributed by atoms with E-state index in [9.17, 15) is 18.0 Å². The van der Waals surface area contributed by atoms with E-state index in [4.69, 9.17) is 4.52 Å². The number of pyridine rings is 1. The number of piperidine rings is 1. The van der Waals surface area contributed by atoms with Crippen molar-refractivity contribution in [2.75, 3.05) is 13.1 Å². The van der Waals surface area contributed by atoms with Crippen LogP contribution in [0.2, 0.25) is 0 Å². The van der Waals surface area contributed by atoms with Crippen LogP contribution in [-0.4, -0.2) is 32.1 Å². The highest BCUT2D eigenvalue weighted by Gasteiger charge is 2.36. The molecule has 1 aliphatic heterocycles. The number of hydrogen-bond donors (Lipinski definition) is 0. The molecule has 1 aliphatic carbocycles. The van der Waals surface area contributed by atoms with Gasteiger partial charge in [-0.05, 0) is 80.3 Å². The molecule has 0 bridgehead atoms. The summed E-state index contributed by atoms with van der Waals surface area (Å²) in [7, 11) is 0. The minimum Gasteiger partial charge on any atom is -0.360 e. The molecule has 3 aromatic heterocycles. The van der Waals surface area contributed by atoms with E-state index in [0.29, 0.717) is 29.6 Å². The van der Waals surface area contributed by atoms with Crippen LogP contribution in [0, 0.1) is 18.8 Å². The van der Waals surface area contributed by atoms with E-state index in [-0.39, 0.29) is 11.4 Å². The largest absolute Gasteiger partial charge is 0.418 e. The number of benzene rings is 1. The molecule has 2 aliphatic rings. The van der Waals surface area contributed by atoms with Crippen molar-refractivity contribution in [3.8, 4) is 5.69 Å². The van der Waals surface area contributed by atoms with Crippen molar-refractivity contribution >= 4 is 5.52 Å². The minimum atomic E-state index is -4.59. The third kappa shape index (κ3) is 4.93. The first-order valence-electron chi connectivity index (χ1n) is 13.8. The van der Waals surface area contributed by atoms with Gasteiger partial charge in [-0.3, -0.25) is 13.9 Å². The van der Waals surface area contributed by atoms with E-state index in [1.54, 1.807) is 18.5 Å². The third-order valence-electron chi connectivity index (χ3n) is 8.47. The third-order valence-corrected chi connectivity index (χ3v) is 8.47. The summed E-state index contributed by atoms with van der Waals surface area (Å²) < 4.78 is 50.8. The van der Waals surface area contributed by atoms with Crippen molar-refractivity contribution < 1.29 is 17.7 Å². The predicted molar refractivity (Wildman–Crippen MR) is 142 cm³/mol. The topological polar surface area (TPSA) is 55.7 Å². The van der Waals surface area contributed by atoms with Crippen molar-refractivity contribution in [1.29, 1.82) is 0 Å². The molecule has 6 nitrogen and oxygen atoms in total. The maximum Gasteiger partial charge on any atom is 0.418 e. The molecular weight excluding hydrogens is 505 g/mol. The zero-order valence-corrected chi connectivity index (χ0v) is 22.2. The molecule has 1 saturated carbocycles. The van der Waals surface area contributed by atoms with Gasteiger partial charge in [0.05, 0.1) is 23.0 Å². The molecule has 0 N–H and O–H groups in total. The summed E-state index contributed by atoms with van der Waals surface area (Å²) in [6.45, 7) is 6.20. The number of likely N-dealkylation sites (tertiary alicyclic amines) is 1. The summed E-state index contributed by atoms with van der Waals surface area (Å²) in [5.74, 6) is 1.69. The standard InChI is InChI=1S/C30H33F3N4O2/c1-19-6-5-11-35(15-19)16-21-12-25(30(31,32)33)26-18-36(29(38)37(26)17-21)24-10-4-9-23(13-24)27(22-7-3-8-22)28-20(2)14-34-39-28/h4,9-10,12-14,17-19,22,27H,3,5-8,11,15-16H2,1-2H3/t19-,27-/m0/s1. The molecule has 9 heteroatoms. The Hall–Kier alpha value is -3.33. The highest BCUT2D eigenvalue weighted by molar-refractivity contribution is 5.58. The molecule has 0 spiro atoms. The Labute approximate surface area is 225 Å². The van der Waals surface area contributed by atoms with E-state index in [1.165, 1.54) is 16.8 Å². The number of aromatic nitrogens is 3. The quantitative estimate of drug-likeness (QED) is 0.279. The molecule has 2 atom stereocenters. The van der Waals surface area contributed by atoms with Crippen molar-refractivity contribution in [2.45, 2.75) is 64.6 Å². The van der Waals surface area contributed by atoms with Gasteiger partial charge in [0.25, 0.3) is 0 Å². The second-order valence-corrected chi connectivity index (χ2v) is 11.4. The molecule has 1 saturated heterocycles. The Morgan fingerprint density at radius 2 is 1.95 bits per heavy atom. The van der Waals surface area contributed by atoms with Gasteiger partial charge in [0.1, 0.15) is 5.76 Å². The first kappa shape index (κ1) is 25.9. The van der Waals surface area contributed by atoms with E-state index in [2.05, 4.69) is 17.0 Å². The highest BCUT2D eigenvalue weighted by Crippen LogP contribution is 2.44. The zero-order chi connectivity index (χ0) is 27.3. The van der Waals surface area contributed by atoms with Gasteiger partial charge in [-0.1, -0.05) is 30.6 Å². The van der Waals surface area contributed by atoms with E-state index >= 15 is 0 Å². The van der Waals surface area contributed by atoms with Crippen LogP contribution >= 0.6 is 0 Å². The average molecular weight is 539 g/mol. The Bertz CT molecular complexity index is 1550. The Morgan fingerprint density at radius 1 is 1.13 bits per heavy atom. The van der Waals surface area contributed by atoms with Crippen molar-refractivity contribution in [3.05, 3.63) is 87.4 Å². The van der Waals surface area contributed by atoms with Crippen molar-refractivity contribution in [1.82, 2.24) is 19.0 Å². The molecule has 39 heavy (non-hydrogen) atoms. The van der Waals surface area contributed by atoms with E-state index in [1.807, 2.05) is 25.1 Å². The summed E-state index contributed by atoms with van der Waals surface area (Å²) >= 11 is 0. The van der Waals surface area contributed by atoms with Crippen LogP contribution in [0.3, 0.4) is 0 Å². The number of alkyl halides is 3. The van der Waals surface area contributed by atoms with Crippen molar-refractivity contribution in [3.63, 3.8) is 0 Å². The van der Waals surface area contributed by atoms with Crippen LogP contribution in [0.1, 0.15) is 73.0 Å². The average Bonchev–Trinajstić information content (AvgIpc) is 3.43. The van der Waals surface area contributed by atoms with Crippen LogP contribution in [0.5, 0.6) is 0 Å². The van der Waals surface area contributed by atoms with Gasteiger partial charge in [-0.15, -0.1) is 0 Å². The number of fused-ring (bicyclic) bond motifs is 1. The number of imidazole rings is 1. The Kier molecular flexibility index (Phi) is 6.65. The fourth-order valence-corrected chi connectivity index (χ4v) is 6.31. The van der Waals surface area contributed by atoms with Crippen LogP contribution in [-0.2, 0) is 12.7 Å². The maximum absolute atomic E-state index is 14.2. The number of rotatable bonds is 6. The minimum absolute atomic E-state index is 0.0155. The summed E-state index contributed by atoms with van der Waals surface area (Å²) in [6.07, 6.45) is 5.44. The summed E-state index contributed by atoms with van der Waals surface area (Å²) in [4.78, 5) is 15.8. The zero-order valence-electron chi connectivity index (χ0n) is 22.2. The number of aryl methyl sites for hydroxylation is 1. The van der Waals surface area contributed by atoms with Gasteiger partial charge in [-0.25, -0.2) is 4.79 Å². The lowest BCUT2D eigenvalue weighted by molar-refractivity contribution is -0.136. The van der Waals surface area contributed by atoms with Crippen LogP contribution < -0.4 is 5.69 Å². The Morgan fingerprint density at radius 3 is 2.62 bits per heavy atom. The lowest BCUT2D eigenvalue weighted by atomic mass is 9.71. The number of hydrogen-bond acceptors (Lipinski definition) is 4. The second kappa shape index (κ2) is 10.0. The Balaban J connectivity index is 1.42. The lowest BCUT2D eigenvalue weighted by Gasteiger charge is -2.33. The molecule has 0 amide bonds. The number of halogens is 3. The van der Waals surface area contributed by atoms with Gasteiger partial charge in [0.15, 0.2) is 0 Å². The second-order valence-electron chi connectivity index (χ2n) is 11.4. The molecule has 206 valence electrons. The monoisotopic (exact) mass is 538 g/mol. The molecule has 0 radical (unpaired) electrons. The van der Waals surface area contributed by atoms with Gasteiger partial charge >= 0.3 is 11.9 Å². The van der Waals surface area contributed by atoms with Crippen LogP contribution in [0.15, 0.2) is 58.2 Å². The number of nitrogens with zero attached hydrogens (tertiary/aromatic N) is 4. The summed E-state index contributed by atoms with van der Waals surface area (Å²) in [5, 5.41) is 3.98. The molecule has 6 rings (SSSR count). The van der Waals surface area contributed by atoms with E-state index in [0.717, 1.165) is 66.5 Å². The first-order chi connectivity index (χ1) is 18.7. The fourth-order valence-electron chi connectivity index (χ4n) is 6.31. The maximum atomic E-state index is 14.2. The van der Waals surface area contributed by atoms with Gasteiger partial charge in [0.2, 0.25) is 0 Å². The highest BCUT2D eigenvalue weighted by atomic mass is 19.4. The van der Waals surface area contributed by atoms with E-state index < -0.39 is 17.4 Å². The summed E-state index contributed by atoms with van der Waals surface area (Å²) in [5.41, 5.74) is 1.50. The molecule has 4 aromatic rings. The molecule has 0 unspecified atom stereocenters.